The van der Waals surface area contributed by atoms with E-state index in [1.807, 2.05) is 0 Å². The van der Waals surface area contributed by atoms with Crippen LogP contribution in [0.1, 0.15) is 11.3 Å². The number of aromatic nitrogens is 1. The van der Waals surface area contributed by atoms with Crippen LogP contribution in [0.4, 0.5) is 11.4 Å². The number of aryl methyl sites for hydroxylation is 1. The van der Waals surface area contributed by atoms with E-state index in [0.717, 1.165) is 0 Å². The van der Waals surface area contributed by atoms with E-state index in [2.05, 4.69) is 103 Å². The predicted molar refractivity (Wildman–Crippen MR) is 134 cm³/mol. The van der Waals surface area contributed by atoms with E-state index in [1.54, 1.807) is 0 Å². The van der Waals surface area contributed by atoms with E-state index in [0.29, 0.717) is 5.69 Å². The summed E-state index contributed by atoms with van der Waals surface area (Å²) in [6, 6.07) is 26.4. The van der Waals surface area contributed by atoms with E-state index < -0.39 is 10.1 Å². The first kappa shape index (κ1) is 24.0. The normalized spacial score (nSPS) is 11.3. The van der Waals surface area contributed by atoms with Crippen molar-refractivity contribution in [2.45, 2.75) is 4.90 Å². The van der Waals surface area contributed by atoms with Gasteiger partial charge < -0.3 is 15.2 Å². The summed E-state index contributed by atoms with van der Waals surface area (Å²) in [5.41, 5.74) is 10.6. The molecule has 4 aromatic rings. The Kier molecular flexibility index (Phi) is 7.48. The highest BCUT2D eigenvalue weighted by Gasteiger charge is 2.08. The van der Waals surface area contributed by atoms with Gasteiger partial charge in [0.25, 0.3) is 0 Å². The number of anilines is 2. The number of benzene rings is 3. The minimum atomic E-state index is -4.33. The maximum atomic E-state index is 10.3. The molecule has 1 heterocycles. The van der Waals surface area contributed by atoms with Gasteiger partial charge in [0.2, 0.25) is 11.2 Å². The largest absolute Gasteiger partial charge is 0.744 e. The summed E-state index contributed by atoms with van der Waals surface area (Å²) in [7, 11) is 1.89. The number of fused-ring (bicyclic) bond motifs is 1. The third-order valence-electron chi connectivity index (χ3n) is 5.14. The zero-order valence-corrected chi connectivity index (χ0v) is 19.7. The van der Waals surface area contributed by atoms with Crippen LogP contribution in [0.5, 0.6) is 0 Å². The molecular formula is C26H27N3O3S. The van der Waals surface area contributed by atoms with Crippen molar-refractivity contribution in [1.82, 2.24) is 0 Å². The second-order valence-corrected chi connectivity index (χ2v) is 9.10. The Labute approximate surface area is 195 Å². The van der Waals surface area contributed by atoms with Gasteiger partial charge in [-0.05, 0) is 60.2 Å². The van der Waals surface area contributed by atoms with Crippen molar-refractivity contribution < 1.29 is 17.5 Å². The highest BCUT2D eigenvalue weighted by molar-refractivity contribution is 7.85. The Morgan fingerprint density at radius 1 is 0.848 bits per heavy atom. The predicted octanol–water partition coefficient (Wildman–Crippen LogP) is 4.07. The zero-order chi connectivity index (χ0) is 24.0. The Balaban J connectivity index is 0.000000235. The molecule has 3 aromatic carbocycles. The number of nitrogen functional groups attached to an aromatic ring is 1. The fourth-order valence-corrected chi connectivity index (χ4v) is 3.70. The van der Waals surface area contributed by atoms with E-state index in [-0.39, 0.29) is 4.90 Å². The molecule has 0 amide bonds. The standard InChI is InChI=1S/C20H21N2.C6H7NO3S/c1-21(2)18-12-8-16(9-13-18)10-14-19-15-11-17-6-4-5-7-20(17)22(19)3;7-5-1-3-6(4-2-5)11(8,9)10/h4-15H,1-3H3;1-4H,7H2,(H,8,9,10)/q+1;/p-1. The summed E-state index contributed by atoms with van der Waals surface area (Å²) in [6.45, 7) is 0. The van der Waals surface area contributed by atoms with Crippen LogP contribution in [0.2, 0.25) is 0 Å². The molecule has 0 spiro atoms. The van der Waals surface area contributed by atoms with Gasteiger partial charge in [-0.25, -0.2) is 8.42 Å². The van der Waals surface area contributed by atoms with Gasteiger partial charge >= 0.3 is 0 Å². The van der Waals surface area contributed by atoms with Crippen LogP contribution in [0.25, 0.3) is 23.1 Å². The summed E-state index contributed by atoms with van der Waals surface area (Å²) in [5.74, 6) is 0. The lowest BCUT2D eigenvalue weighted by Gasteiger charge is -2.11. The maximum Gasteiger partial charge on any atom is 0.212 e. The first-order valence-electron chi connectivity index (χ1n) is 10.3. The van der Waals surface area contributed by atoms with Crippen LogP contribution in [0.15, 0.2) is 89.8 Å². The lowest BCUT2D eigenvalue weighted by molar-refractivity contribution is -0.646. The summed E-state index contributed by atoms with van der Waals surface area (Å²) >= 11 is 0. The molecule has 0 fully saturated rings. The molecule has 2 N–H and O–H groups in total. The summed E-state index contributed by atoms with van der Waals surface area (Å²) in [5, 5.41) is 1.26. The van der Waals surface area contributed by atoms with Gasteiger partial charge in [0.15, 0.2) is 0 Å². The van der Waals surface area contributed by atoms with Crippen LogP contribution >= 0.6 is 0 Å². The number of hydrogen-bond acceptors (Lipinski definition) is 5. The molecule has 0 radical (unpaired) electrons. The molecule has 0 aliphatic carbocycles. The average molecular weight is 462 g/mol. The van der Waals surface area contributed by atoms with Gasteiger partial charge in [0.1, 0.15) is 17.2 Å². The molecule has 0 saturated heterocycles. The van der Waals surface area contributed by atoms with E-state index in [9.17, 15) is 13.0 Å². The fourth-order valence-electron chi connectivity index (χ4n) is 3.23. The minimum Gasteiger partial charge on any atom is -0.744 e. The molecule has 0 atom stereocenters. The number of rotatable bonds is 4. The van der Waals surface area contributed by atoms with Crippen LogP contribution in [0.3, 0.4) is 0 Å². The molecule has 4 rings (SSSR count). The van der Waals surface area contributed by atoms with Crippen molar-refractivity contribution in [3.63, 3.8) is 0 Å². The molecule has 0 saturated carbocycles. The third-order valence-corrected chi connectivity index (χ3v) is 5.99. The van der Waals surface area contributed by atoms with Crippen molar-refractivity contribution >= 4 is 44.5 Å². The van der Waals surface area contributed by atoms with Gasteiger partial charge in [0, 0.05) is 49.1 Å². The molecule has 170 valence electrons. The van der Waals surface area contributed by atoms with Crippen LogP contribution in [0, 0.1) is 0 Å². The van der Waals surface area contributed by atoms with E-state index in [4.69, 9.17) is 5.73 Å². The van der Waals surface area contributed by atoms with E-state index in [1.165, 1.54) is 52.1 Å². The average Bonchev–Trinajstić information content (AvgIpc) is 2.79. The summed E-state index contributed by atoms with van der Waals surface area (Å²) < 4.78 is 33.3. The molecule has 0 aliphatic rings. The first-order chi connectivity index (χ1) is 15.6. The second kappa shape index (κ2) is 10.3. The van der Waals surface area contributed by atoms with Crippen molar-refractivity contribution in [1.29, 1.82) is 0 Å². The van der Waals surface area contributed by atoms with Crippen molar-refractivity contribution in [2.24, 2.45) is 7.05 Å². The highest BCUT2D eigenvalue weighted by Crippen LogP contribution is 2.15. The van der Waals surface area contributed by atoms with E-state index >= 15 is 0 Å². The lowest BCUT2D eigenvalue weighted by Crippen LogP contribution is -2.32. The summed E-state index contributed by atoms with van der Waals surface area (Å²) in [6.07, 6.45) is 4.32. The number of pyridine rings is 1. The van der Waals surface area contributed by atoms with Crippen LogP contribution < -0.4 is 15.2 Å². The molecule has 1 aromatic heterocycles. The second-order valence-electron chi connectivity index (χ2n) is 7.72. The Morgan fingerprint density at radius 3 is 2.09 bits per heavy atom. The molecule has 33 heavy (non-hydrogen) atoms. The smallest absolute Gasteiger partial charge is 0.212 e. The van der Waals surface area contributed by atoms with Crippen molar-refractivity contribution in [2.75, 3.05) is 24.7 Å². The Morgan fingerprint density at radius 2 is 1.48 bits per heavy atom. The SMILES string of the molecule is CN(C)c1ccc(/C=C/c2ccc3ccccc3[n+]2C)cc1.Nc1ccc(S(=O)(=O)[O-])cc1. The monoisotopic (exact) mass is 461 g/mol. The van der Waals surface area contributed by atoms with Crippen LogP contribution in [-0.2, 0) is 17.2 Å². The van der Waals surface area contributed by atoms with Gasteiger partial charge in [-0.3, -0.25) is 0 Å². The molecule has 0 aliphatic heterocycles. The Bertz CT molecular complexity index is 1360. The molecule has 0 unspecified atom stereocenters. The van der Waals surface area contributed by atoms with Gasteiger partial charge in [-0.15, -0.1) is 0 Å². The molecular weight excluding hydrogens is 434 g/mol. The summed E-state index contributed by atoms with van der Waals surface area (Å²) in [4.78, 5) is 1.85. The third kappa shape index (κ3) is 6.41. The molecule has 7 heteroatoms. The topological polar surface area (TPSA) is 90.3 Å². The maximum absolute atomic E-state index is 10.3. The number of nitrogens with two attached hydrogens (primary N) is 1. The zero-order valence-electron chi connectivity index (χ0n) is 18.8. The molecule has 0 bridgehead atoms. The van der Waals surface area contributed by atoms with Crippen molar-refractivity contribution in [3.05, 3.63) is 96.2 Å². The van der Waals surface area contributed by atoms with Crippen molar-refractivity contribution in [3.8, 4) is 0 Å². The van der Waals surface area contributed by atoms with Gasteiger partial charge in [-0.2, -0.15) is 4.57 Å². The lowest BCUT2D eigenvalue weighted by atomic mass is 10.1. The molecule has 6 nitrogen and oxygen atoms in total. The highest BCUT2D eigenvalue weighted by atomic mass is 32.2. The fraction of sp³-hybridized carbons (Fsp3) is 0.115. The first-order valence-corrected chi connectivity index (χ1v) is 11.7. The number of para-hydroxylation sites is 1. The number of hydrogen-bond donors (Lipinski definition) is 1. The number of nitrogens with zero attached hydrogens (tertiary/aromatic N) is 2. The minimum absolute atomic E-state index is 0.258. The van der Waals surface area contributed by atoms with Gasteiger partial charge in [0.05, 0.1) is 4.90 Å². The van der Waals surface area contributed by atoms with Crippen LogP contribution in [-0.4, -0.2) is 27.1 Å². The van der Waals surface area contributed by atoms with Gasteiger partial charge in [-0.1, -0.05) is 24.3 Å². The Hall–Kier alpha value is -3.68. The quantitative estimate of drug-likeness (QED) is 0.281.